The third-order valence-corrected chi connectivity index (χ3v) is 8.38. The molecule has 1 aromatic heterocycles. The number of nitrogens with one attached hydrogen (secondary N) is 1. The molecule has 0 saturated carbocycles. The molecule has 1 N–H and O–H groups in total. The molecule has 10 heteroatoms. The lowest BCUT2D eigenvalue weighted by Crippen LogP contribution is -2.40. The van der Waals surface area contributed by atoms with Crippen molar-refractivity contribution in [3.05, 3.63) is 77.4 Å². The number of anilines is 2. The molecule has 1 fully saturated rings. The molecule has 0 atom stereocenters. The third kappa shape index (κ3) is 5.52. The molecule has 0 unspecified atom stereocenters. The van der Waals surface area contributed by atoms with E-state index < -0.39 is 28.3 Å². The summed E-state index contributed by atoms with van der Waals surface area (Å²) in [5.41, 5.74) is 1.79. The summed E-state index contributed by atoms with van der Waals surface area (Å²) in [6.07, 6.45) is 0. The van der Waals surface area contributed by atoms with Crippen LogP contribution < -0.4 is 14.5 Å². The molecule has 1 aliphatic heterocycles. The monoisotopic (exact) mass is 489 g/mol. The molecule has 2 aromatic carbocycles. The van der Waals surface area contributed by atoms with Gasteiger partial charge in [-0.2, -0.15) is 0 Å². The normalized spacial score (nSPS) is 14.2. The van der Waals surface area contributed by atoms with Crippen LogP contribution in [0.3, 0.4) is 0 Å². The number of hydrogen-bond acceptors (Lipinski definition) is 6. The molecule has 174 valence electrons. The minimum Gasteiger partial charge on any atom is -0.378 e. The zero-order chi connectivity index (χ0) is 23.3. The lowest BCUT2D eigenvalue weighted by atomic mass is 10.2. The van der Waals surface area contributed by atoms with Gasteiger partial charge in [-0.05, 0) is 41.3 Å². The Morgan fingerprint density at radius 2 is 1.79 bits per heavy atom. The Labute approximate surface area is 196 Å². The van der Waals surface area contributed by atoms with Gasteiger partial charge in [0.05, 0.1) is 18.9 Å². The van der Waals surface area contributed by atoms with Gasteiger partial charge >= 0.3 is 0 Å². The Balaban J connectivity index is 1.45. The lowest BCUT2D eigenvalue weighted by molar-refractivity contribution is -0.119. The van der Waals surface area contributed by atoms with Crippen molar-refractivity contribution in [3.63, 3.8) is 0 Å². The van der Waals surface area contributed by atoms with E-state index in [9.17, 15) is 17.6 Å². The summed E-state index contributed by atoms with van der Waals surface area (Å²) in [5, 5.41) is 4.36. The van der Waals surface area contributed by atoms with Crippen LogP contribution in [0.5, 0.6) is 0 Å². The minimum atomic E-state index is -4.09. The third-order valence-electron chi connectivity index (χ3n) is 5.25. The van der Waals surface area contributed by atoms with Crippen LogP contribution in [0.4, 0.5) is 15.8 Å². The van der Waals surface area contributed by atoms with Crippen molar-refractivity contribution in [2.24, 2.45) is 0 Å². The highest BCUT2D eigenvalue weighted by atomic mass is 32.2. The molecule has 0 bridgehead atoms. The number of benzene rings is 2. The number of carbonyl (C=O) groups excluding carboxylic acids is 1. The molecule has 4 rings (SSSR count). The average molecular weight is 490 g/mol. The number of halogens is 1. The Bertz CT molecular complexity index is 1180. The zero-order valence-electron chi connectivity index (χ0n) is 17.8. The van der Waals surface area contributed by atoms with Crippen LogP contribution in [0.15, 0.2) is 70.3 Å². The number of para-hydroxylation sites is 1. The van der Waals surface area contributed by atoms with E-state index in [1.807, 2.05) is 24.3 Å². The van der Waals surface area contributed by atoms with Crippen LogP contribution in [-0.4, -0.2) is 47.2 Å². The fourth-order valence-electron chi connectivity index (χ4n) is 3.51. The van der Waals surface area contributed by atoms with Crippen LogP contribution in [0.2, 0.25) is 0 Å². The summed E-state index contributed by atoms with van der Waals surface area (Å²) in [7, 11) is -4.09. The predicted octanol–water partition coefficient (Wildman–Crippen LogP) is 3.24. The highest BCUT2D eigenvalue weighted by Crippen LogP contribution is 2.28. The fraction of sp³-hybridized carbons (Fsp3) is 0.261. The van der Waals surface area contributed by atoms with Crippen molar-refractivity contribution < 1.29 is 22.3 Å². The number of sulfonamides is 1. The van der Waals surface area contributed by atoms with Gasteiger partial charge in [-0.15, -0.1) is 11.3 Å². The fourth-order valence-corrected chi connectivity index (χ4v) is 6.04. The van der Waals surface area contributed by atoms with Gasteiger partial charge in [-0.1, -0.05) is 30.3 Å². The van der Waals surface area contributed by atoms with Gasteiger partial charge in [0.1, 0.15) is 16.6 Å². The number of carbonyl (C=O) groups is 1. The van der Waals surface area contributed by atoms with E-state index in [0.29, 0.717) is 13.2 Å². The summed E-state index contributed by atoms with van der Waals surface area (Å²) in [4.78, 5) is 14.9. The van der Waals surface area contributed by atoms with Gasteiger partial charge in [0.25, 0.3) is 10.0 Å². The van der Waals surface area contributed by atoms with Crippen molar-refractivity contribution in [1.29, 1.82) is 0 Å². The summed E-state index contributed by atoms with van der Waals surface area (Å²) >= 11 is 1.01. The maximum absolute atomic E-state index is 14.5. The second-order valence-electron chi connectivity index (χ2n) is 7.44. The van der Waals surface area contributed by atoms with Gasteiger partial charge in [0, 0.05) is 25.3 Å². The van der Waals surface area contributed by atoms with E-state index in [0.717, 1.165) is 40.0 Å². The average Bonchev–Trinajstić information content (AvgIpc) is 3.39. The van der Waals surface area contributed by atoms with Crippen LogP contribution in [0.25, 0.3) is 0 Å². The van der Waals surface area contributed by atoms with E-state index in [2.05, 4.69) is 10.2 Å². The van der Waals surface area contributed by atoms with Crippen LogP contribution in [0, 0.1) is 5.82 Å². The van der Waals surface area contributed by atoms with E-state index in [1.165, 1.54) is 30.3 Å². The maximum Gasteiger partial charge on any atom is 0.274 e. The van der Waals surface area contributed by atoms with Crippen LogP contribution in [-0.2, 0) is 26.1 Å². The molecular formula is C23H24FN3O4S2. The molecular weight excluding hydrogens is 465 g/mol. The first-order chi connectivity index (χ1) is 15.9. The van der Waals surface area contributed by atoms with Crippen molar-refractivity contribution in [3.8, 4) is 0 Å². The van der Waals surface area contributed by atoms with Gasteiger partial charge in [0.15, 0.2) is 0 Å². The molecule has 7 nitrogen and oxygen atoms in total. The zero-order valence-corrected chi connectivity index (χ0v) is 19.4. The van der Waals surface area contributed by atoms with Crippen molar-refractivity contribution in [1.82, 2.24) is 5.32 Å². The highest BCUT2D eigenvalue weighted by molar-refractivity contribution is 7.94. The van der Waals surface area contributed by atoms with Crippen molar-refractivity contribution in [2.45, 2.75) is 10.8 Å². The summed E-state index contributed by atoms with van der Waals surface area (Å²) in [6, 6.07) is 16.3. The van der Waals surface area contributed by atoms with Crippen LogP contribution in [0.1, 0.15) is 5.56 Å². The van der Waals surface area contributed by atoms with Gasteiger partial charge in [0.2, 0.25) is 5.91 Å². The number of ether oxygens (including phenoxy) is 1. The largest absolute Gasteiger partial charge is 0.378 e. The van der Waals surface area contributed by atoms with Gasteiger partial charge in [-0.25, -0.2) is 12.8 Å². The number of rotatable bonds is 8. The number of amides is 1. The first-order valence-electron chi connectivity index (χ1n) is 10.4. The Hall–Kier alpha value is -2.95. The quantitative estimate of drug-likeness (QED) is 0.526. The standard InChI is InChI=1S/C23H24FN3O4S2/c24-20-4-1-2-5-21(20)27(33(29,30)23-6-3-15-32-23)17-22(28)25-16-18-7-9-19(10-8-18)26-11-13-31-14-12-26/h1-10,15H,11-14,16-17H2,(H,25,28). The Kier molecular flexibility index (Phi) is 7.26. The predicted molar refractivity (Wildman–Crippen MR) is 127 cm³/mol. The second-order valence-corrected chi connectivity index (χ2v) is 10.5. The highest BCUT2D eigenvalue weighted by Gasteiger charge is 2.29. The number of nitrogens with zero attached hydrogens (tertiary/aromatic N) is 2. The second kappa shape index (κ2) is 10.3. The number of hydrogen-bond donors (Lipinski definition) is 1. The van der Waals surface area contributed by atoms with E-state index in [4.69, 9.17) is 4.74 Å². The lowest BCUT2D eigenvalue weighted by Gasteiger charge is -2.29. The summed E-state index contributed by atoms with van der Waals surface area (Å²) in [6.45, 7) is 2.76. The van der Waals surface area contributed by atoms with Crippen molar-refractivity contribution >= 4 is 38.6 Å². The maximum atomic E-state index is 14.5. The first-order valence-corrected chi connectivity index (χ1v) is 12.8. The molecule has 1 saturated heterocycles. The Morgan fingerprint density at radius 3 is 2.45 bits per heavy atom. The van der Waals surface area contributed by atoms with Crippen molar-refractivity contribution in [2.75, 3.05) is 42.1 Å². The molecule has 1 aliphatic rings. The smallest absolute Gasteiger partial charge is 0.274 e. The summed E-state index contributed by atoms with van der Waals surface area (Å²) in [5.74, 6) is -1.25. The number of morpholine rings is 1. The van der Waals surface area contributed by atoms with Gasteiger partial charge in [-0.3, -0.25) is 9.10 Å². The molecule has 1 amide bonds. The van der Waals surface area contributed by atoms with E-state index in [1.54, 1.807) is 11.4 Å². The van der Waals surface area contributed by atoms with E-state index in [-0.39, 0.29) is 16.4 Å². The molecule has 0 radical (unpaired) electrons. The SMILES string of the molecule is O=C(CN(c1ccccc1F)S(=O)(=O)c1cccs1)NCc1ccc(N2CCOCC2)cc1. The summed E-state index contributed by atoms with van der Waals surface area (Å²) < 4.78 is 46.9. The molecule has 0 spiro atoms. The minimum absolute atomic E-state index is 0.0391. The van der Waals surface area contributed by atoms with Crippen LogP contribution >= 0.6 is 11.3 Å². The topological polar surface area (TPSA) is 79.0 Å². The first kappa shape index (κ1) is 23.2. The molecule has 3 aromatic rings. The van der Waals surface area contributed by atoms with Gasteiger partial charge < -0.3 is 15.0 Å². The Morgan fingerprint density at radius 1 is 1.06 bits per heavy atom. The molecule has 0 aliphatic carbocycles. The molecule has 2 heterocycles. The van der Waals surface area contributed by atoms with E-state index >= 15 is 0 Å². The number of thiophene rings is 1. The molecule has 33 heavy (non-hydrogen) atoms.